The molecule has 19 heavy (non-hydrogen) atoms. The first-order chi connectivity index (χ1) is 9.15. The normalized spacial score (nSPS) is 15.2. The number of halogens is 1. The third-order valence-corrected chi connectivity index (χ3v) is 5.91. The minimum Gasteiger partial charge on any atom is -0.221 e. The van der Waals surface area contributed by atoms with Crippen LogP contribution in [0.15, 0.2) is 0 Å². The highest BCUT2D eigenvalue weighted by Gasteiger charge is 2.20. The molecule has 0 bridgehead atoms. The molecule has 2 aromatic heterocycles. The van der Waals surface area contributed by atoms with Crippen LogP contribution in [0.4, 0.5) is 0 Å². The van der Waals surface area contributed by atoms with E-state index < -0.39 is 0 Å². The van der Waals surface area contributed by atoms with Gasteiger partial charge in [-0.15, -0.1) is 11.3 Å². The molecule has 0 N–H and O–H groups in total. The lowest BCUT2D eigenvalue weighted by Gasteiger charge is -2.10. The molecule has 0 saturated carbocycles. The largest absolute Gasteiger partial charge is 0.221 e. The SMILES string of the molecule is CC(C)SCc1nc(Cl)c2c3c(sc2n1)CCCC3. The predicted octanol–water partition coefficient (Wildman–Crippen LogP) is 4.87. The van der Waals surface area contributed by atoms with Crippen LogP contribution in [-0.2, 0) is 18.6 Å². The van der Waals surface area contributed by atoms with Crippen LogP contribution in [0.25, 0.3) is 10.2 Å². The van der Waals surface area contributed by atoms with E-state index in [2.05, 4.69) is 18.8 Å². The van der Waals surface area contributed by atoms with E-state index >= 15 is 0 Å². The molecule has 0 unspecified atom stereocenters. The van der Waals surface area contributed by atoms with Gasteiger partial charge < -0.3 is 0 Å². The van der Waals surface area contributed by atoms with Gasteiger partial charge in [0.15, 0.2) is 0 Å². The summed E-state index contributed by atoms with van der Waals surface area (Å²) in [7, 11) is 0. The number of hydrogen-bond acceptors (Lipinski definition) is 4. The third kappa shape index (κ3) is 2.76. The minimum atomic E-state index is 0.592. The Morgan fingerprint density at radius 2 is 2.05 bits per heavy atom. The van der Waals surface area contributed by atoms with Gasteiger partial charge in [0, 0.05) is 4.88 Å². The van der Waals surface area contributed by atoms with Gasteiger partial charge in [0.05, 0.1) is 11.1 Å². The second kappa shape index (κ2) is 5.58. The monoisotopic (exact) mass is 312 g/mol. The van der Waals surface area contributed by atoms with Gasteiger partial charge in [0.2, 0.25) is 0 Å². The Morgan fingerprint density at radius 1 is 1.26 bits per heavy atom. The first kappa shape index (κ1) is 13.7. The summed E-state index contributed by atoms with van der Waals surface area (Å²) in [6.07, 6.45) is 4.88. The van der Waals surface area contributed by atoms with Crippen molar-refractivity contribution in [1.82, 2.24) is 9.97 Å². The smallest absolute Gasteiger partial charge is 0.141 e. The summed E-state index contributed by atoms with van der Waals surface area (Å²) >= 11 is 10.1. The van der Waals surface area contributed by atoms with E-state index in [0.717, 1.165) is 28.2 Å². The Balaban J connectivity index is 2.01. The molecule has 0 spiro atoms. The van der Waals surface area contributed by atoms with E-state index in [1.165, 1.54) is 29.7 Å². The average molecular weight is 313 g/mol. The molecule has 0 saturated heterocycles. The van der Waals surface area contributed by atoms with Crippen molar-refractivity contribution in [1.29, 1.82) is 0 Å². The number of nitrogens with zero attached hydrogens (tertiary/aromatic N) is 2. The molecule has 5 heteroatoms. The molecular weight excluding hydrogens is 296 g/mol. The molecule has 0 atom stereocenters. The summed E-state index contributed by atoms with van der Waals surface area (Å²) in [6.45, 7) is 4.38. The first-order valence-corrected chi connectivity index (χ1v) is 8.97. The van der Waals surface area contributed by atoms with Gasteiger partial charge in [-0.1, -0.05) is 25.4 Å². The number of fused-ring (bicyclic) bond motifs is 3. The molecule has 1 aliphatic carbocycles. The Bertz CT molecular complexity index is 607. The maximum Gasteiger partial charge on any atom is 0.141 e. The molecule has 102 valence electrons. The highest BCUT2D eigenvalue weighted by molar-refractivity contribution is 7.99. The van der Waals surface area contributed by atoms with Gasteiger partial charge in [0.25, 0.3) is 0 Å². The predicted molar refractivity (Wildman–Crippen MR) is 85.5 cm³/mol. The van der Waals surface area contributed by atoms with Crippen molar-refractivity contribution >= 4 is 44.9 Å². The van der Waals surface area contributed by atoms with Crippen molar-refractivity contribution in [3.05, 3.63) is 21.4 Å². The standard InChI is InChI=1S/C14H17ClN2S2/c1-8(2)18-7-11-16-13(15)12-9-5-3-4-6-10(9)19-14(12)17-11/h8H,3-7H2,1-2H3. The summed E-state index contributed by atoms with van der Waals surface area (Å²) in [5, 5.41) is 2.37. The van der Waals surface area contributed by atoms with Crippen LogP contribution in [0.1, 0.15) is 43.0 Å². The molecule has 3 rings (SSSR count). The van der Waals surface area contributed by atoms with Gasteiger partial charge in [-0.3, -0.25) is 0 Å². The van der Waals surface area contributed by atoms with Crippen LogP contribution < -0.4 is 0 Å². The van der Waals surface area contributed by atoms with Crippen molar-refractivity contribution in [3.63, 3.8) is 0 Å². The van der Waals surface area contributed by atoms with Crippen LogP contribution in [0.5, 0.6) is 0 Å². The van der Waals surface area contributed by atoms with Crippen molar-refractivity contribution in [2.75, 3.05) is 0 Å². The molecule has 0 radical (unpaired) electrons. The van der Waals surface area contributed by atoms with Gasteiger partial charge in [-0.05, 0) is 36.5 Å². The van der Waals surface area contributed by atoms with E-state index in [1.54, 1.807) is 0 Å². The Labute approximate surface area is 127 Å². The summed E-state index contributed by atoms with van der Waals surface area (Å²) in [5.74, 6) is 1.71. The third-order valence-electron chi connectivity index (χ3n) is 3.36. The fourth-order valence-corrected chi connectivity index (χ4v) is 4.71. The van der Waals surface area contributed by atoms with E-state index in [4.69, 9.17) is 16.6 Å². The number of hydrogen-bond donors (Lipinski definition) is 0. The zero-order chi connectivity index (χ0) is 13.4. The van der Waals surface area contributed by atoms with Crippen LogP contribution in [0.2, 0.25) is 5.15 Å². The summed E-state index contributed by atoms with van der Waals surface area (Å²) in [4.78, 5) is 11.8. The second-order valence-corrected chi connectivity index (χ2v) is 8.19. The maximum absolute atomic E-state index is 6.40. The highest BCUT2D eigenvalue weighted by Crippen LogP contribution is 2.38. The number of thioether (sulfide) groups is 1. The number of rotatable bonds is 3. The van der Waals surface area contributed by atoms with E-state index in [0.29, 0.717) is 10.4 Å². The van der Waals surface area contributed by atoms with Crippen LogP contribution in [0, 0.1) is 0 Å². The van der Waals surface area contributed by atoms with Gasteiger partial charge >= 0.3 is 0 Å². The van der Waals surface area contributed by atoms with Crippen LogP contribution >= 0.6 is 34.7 Å². The first-order valence-electron chi connectivity index (χ1n) is 6.73. The van der Waals surface area contributed by atoms with E-state index in [-0.39, 0.29) is 0 Å². The summed E-state index contributed by atoms with van der Waals surface area (Å²) < 4.78 is 0. The van der Waals surface area contributed by atoms with Crippen LogP contribution in [0.3, 0.4) is 0 Å². The minimum absolute atomic E-state index is 0.592. The quantitative estimate of drug-likeness (QED) is 0.756. The number of aryl methyl sites for hydroxylation is 2. The second-order valence-electron chi connectivity index (χ2n) is 5.18. The molecule has 2 nitrogen and oxygen atoms in total. The lowest BCUT2D eigenvalue weighted by Crippen LogP contribution is -2.00. The van der Waals surface area contributed by atoms with Gasteiger partial charge in [0.1, 0.15) is 15.8 Å². The van der Waals surface area contributed by atoms with Crippen molar-refractivity contribution in [3.8, 4) is 0 Å². The average Bonchev–Trinajstić information content (AvgIpc) is 2.74. The molecule has 0 aliphatic heterocycles. The fraction of sp³-hybridized carbons (Fsp3) is 0.571. The molecule has 2 aromatic rings. The van der Waals surface area contributed by atoms with Gasteiger partial charge in [-0.2, -0.15) is 11.8 Å². The lowest BCUT2D eigenvalue weighted by atomic mass is 9.97. The topological polar surface area (TPSA) is 25.8 Å². The molecule has 0 aromatic carbocycles. The van der Waals surface area contributed by atoms with Crippen molar-refractivity contribution in [2.45, 2.75) is 50.5 Å². The number of thiophene rings is 1. The Kier molecular flexibility index (Phi) is 4.01. The fourth-order valence-electron chi connectivity index (χ4n) is 2.46. The molecular formula is C14H17ClN2S2. The summed E-state index contributed by atoms with van der Waals surface area (Å²) in [5.41, 5.74) is 1.42. The Hall–Kier alpha value is -0.320. The Morgan fingerprint density at radius 3 is 2.84 bits per heavy atom. The van der Waals surface area contributed by atoms with E-state index in [1.807, 2.05) is 23.1 Å². The zero-order valence-corrected chi connectivity index (χ0v) is 13.6. The van der Waals surface area contributed by atoms with Crippen molar-refractivity contribution < 1.29 is 0 Å². The zero-order valence-electron chi connectivity index (χ0n) is 11.2. The molecule has 0 amide bonds. The van der Waals surface area contributed by atoms with Gasteiger partial charge in [-0.25, -0.2) is 9.97 Å². The molecule has 1 aliphatic rings. The van der Waals surface area contributed by atoms with Crippen LogP contribution in [-0.4, -0.2) is 15.2 Å². The van der Waals surface area contributed by atoms with Crippen molar-refractivity contribution in [2.24, 2.45) is 0 Å². The summed E-state index contributed by atoms with van der Waals surface area (Å²) in [6, 6.07) is 0. The molecule has 2 heterocycles. The lowest BCUT2D eigenvalue weighted by molar-refractivity contribution is 0.700. The number of aromatic nitrogens is 2. The highest BCUT2D eigenvalue weighted by atomic mass is 35.5. The maximum atomic E-state index is 6.40. The molecule has 0 fully saturated rings. The van der Waals surface area contributed by atoms with E-state index in [9.17, 15) is 0 Å².